The van der Waals surface area contributed by atoms with Crippen molar-refractivity contribution < 1.29 is 4.52 Å². The topological polar surface area (TPSA) is 73.8 Å². The van der Waals surface area contributed by atoms with Crippen molar-refractivity contribution in [1.29, 1.82) is 0 Å². The zero-order valence-electron chi connectivity index (χ0n) is 16.3. The number of fused-ring (bicyclic) bond motifs is 1. The van der Waals surface area contributed by atoms with Gasteiger partial charge in [0, 0.05) is 18.0 Å². The van der Waals surface area contributed by atoms with Gasteiger partial charge in [-0.05, 0) is 44.4 Å². The van der Waals surface area contributed by atoms with Crippen LogP contribution in [0.4, 0.5) is 0 Å². The van der Waals surface area contributed by atoms with Gasteiger partial charge in [-0.1, -0.05) is 35.1 Å². The fraction of sp³-hybridized carbons (Fsp3) is 0.300. The average Bonchev–Trinajstić information content (AvgIpc) is 3.28. The van der Waals surface area contributed by atoms with E-state index in [9.17, 15) is 4.79 Å². The molecule has 1 atom stereocenters. The first-order valence-electron chi connectivity index (χ1n) is 8.88. The summed E-state index contributed by atoms with van der Waals surface area (Å²) in [6, 6.07) is 6.27. The summed E-state index contributed by atoms with van der Waals surface area (Å²) >= 11 is 2.93. The van der Waals surface area contributed by atoms with Crippen molar-refractivity contribution in [3.05, 3.63) is 56.8 Å². The molecule has 8 heteroatoms. The van der Waals surface area contributed by atoms with Crippen molar-refractivity contribution in [3.63, 3.8) is 0 Å². The molecule has 28 heavy (non-hydrogen) atoms. The van der Waals surface area contributed by atoms with Crippen molar-refractivity contribution in [2.24, 2.45) is 7.05 Å². The molecule has 3 heterocycles. The van der Waals surface area contributed by atoms with Gasteiger partial charge in [0.15, 0.2) is 11.0 Å². The Kier molecular flexibility index (Phi) is 4.84. The van der Waals surface area contributed by atoms with Gasteiger partial charge in [0.1, 0.15) is 4.83 Å². The van der Waals surface area contributed by atoms with E-state index in [1.54, 1.807) is 18.5 Å². The summed E-state index contributed by atoms with van der Waals surface area (Å²) < 4.78 is 6.85. The van der Waals surface area contributed by atoms with Gasteiger partial charge in [-0.2, -0.15) is 4.98 Å². The van der Waals surface area contributed by atoms with Gasteiger partial charge in [0.2, 0.25) is 5.89 Å². The van der Waals surface area contributed by atoms with Crippen LogP contribution in [0.15, 0.2) is 38.1 Å². The van der Waals surface area contributed by atoms with E-state index < -0.39 is 0 Å². The minimum atomic E-state index is -0.101. The van der Waals surface area contributed by atoms with Crippen LogP contribution in [0.25, 0.3) is 21.3 Å². The number of benzene rings is 1. The number of hydrogen-bond acceptors (Lipinski definition) is 7. The SMILES string of the molecule is Cc1noc(C(C)Sc2nc3scc(-c4ccc(C)c(C)c4)c3c(=O)n2C)n1. The molecule has 0 radical (unpaired) electrons. The van der Waals surface area contributed by atoms with Crippen LogP contribution in [-0.2, 0) is 7.05 Å². The molecule has 0 aliphatic rings. The minimum absolute atomic E-state index is 0.0455. The summed E-state index contributed by atoms with van der Waals surface area (Å²) in [4.78, 5) is 22.9. The lowest BCUT2D eigenvalue weighted by Gasteiger charge is -2.10. The molecule has 0 aliphatic carbocycles. The smallest absolute Gasteiger partial charge is 0.263 e. The Hall–Kier alpha value is -2.45. The number of nitrogens with zero attached hydrogens (tertiary/aromatic N) is 4. The highest BCUT2D eigenvalue weighted by Gasteiger charge is 2.20. The van der Waals surface area contributed by atoms with E-state index in [1.807, 2.05) is 12.3 Å². The lowest BCUT2D eigenvalue weighted by Crippen LogP contribution is -2.20. The van der Waals surface area contributed by atoms with Gasteiger partial charge in [0.25, 0.3) is 5.56 Å². The van der Waals surface area contributed by atoms with Gasteiger partial charge in [-0.15, -0.1) is 11.3 Å². The van der Waals surface area contributed by atoms with Crippen LogP contribution in [-0.4, -0.2) is 19.7 Å². The van der Waals surface area contributed by atoms with E-state index >= 15 is 0 Å². The monoisotopic (exact) mass is 412 g/mol. The minimum Gasteiger partial charge on any atom is -0.338 e. The molecule has 0 N–H and O–H groups in total. The third-order valence-electron chi connectivity index (χ3n) is 4.77. The molecule has 3 aromatic heterocycles. The molecule has 1 unspecified atom stereocenters. The summed E-state index contributed by atoms with van der Waals surface area (Å²) in [5.74, 6) is 1.12. The number of aryl methyl sites for hydroxylation is 3. The molecular weight excluding hydrogens is 392 g/mol. The molecule has 144 valence electrons. The van der Waals surface area contributed by atoms with E-state index in [1.165, 1.54) is 34.2 Å². The third-order valence-corrected chi connectivity index (χ3v) is 6.77. The van der Waals surface area contributed by atoms with Crippen molar-refractivity contribution >= 4 is 33.3 Å². The van der Waals surface area contributed by atoms with Crippen LogP contribution < -0.4 is 5.56 Å². The second-order valence-electron chi connectivity index (χ2n) is 6.83. The molecule has 0 spiro atoms. The molecule has 6 nitrogen and oxygen atoms in total. The summed E-state index contributed by atoms with van der Waals surface area (Å²) in [5.41, 5.74) is 4.38. The summed E-state index contributed by atoms with van der Waals surface area (Å²) in [6.45, 7) is 7.91. The Balaban J connectivity index is 1.77. The highest BCUT2D eigenvalue weighted by molar-refractivity contribution is 7.99. The van der Waals surface area contributed by atoms with E-state index in [2.05, 4.69) is 42.2 Å². The number of aromatic nitrogens is 4. The van der Waals surface area contributed by atoms with Crippen LogP contribution in [0.2, 0.25) is 0 Å². The highest BCUT2D eigenvalue weighted by atomic mass is 32.2. The van der Waals surface area contributed by atoms with Gasteiger partial charge in [0.05, 0.1) is 10.6 Å². The molecule has 0 saturated carbocycles. The first-order valence-corrected chi connectivity index (χ1v) is 10.6. The van der Waals surface area contributed by atoms with Crippen LogP contribution >= 0.6 is 23.1 Å². The summed E-state index contributed by atoms with van der Waals surface area (Å²) in [7, 11) is 1.75. The van der Waals surface area contributed by atoms with Gasteiger partial charge in [-0.3, -0.25) is 9.36 Å². The van der Waals surface area contributed by atoms with E-state index in [0.29, 0.717) is 22.3 Å². The second kappa shape index (κ2) is 7.18. The molecule has 0 fully saturated rings. The van der Waals surface area contributed by atoms with Crippen molar-refractivity contribution in [2.75, 3.05) is 0 Å². The predicted molar refractivity (Wildman–Crippen MR) is 113 cm³/mol. The molecule has 4 aromatic rings. The zero-order chi connectivity index (χ0) is 20.0. The Morgan fingerprint density at radius 1 is 1.18 bits per heavy atom. The molecule has 0 saturated heterocycles. The lowest BCUT2D eigenvalue weighted by molar-refractivity contribution is 0.376. The van der Waals surface area contributed by atoms with Crippen molar-refractivity contribution in [2.45, 2.75) is 38.1 Å². The molecule has 0 amide bonds. The summed E-state index contributed by atoms with van der Waals surface area (Å²) in [5, 5.41) is 7.05. The molecule has 0 aliphatic heterocycles. The van der Waals surface area contributed by atoms with E-state index in [0.717, 1.165) is 16.0 Å². The van der Waals surface area contributed by atoms with Crippen molar-refractivity contribution in [3.8, 4) is 11.1 Å². The normalized spacial score (nSPS) is 12.6. The maximum atomic E-state index is 13.1. The first kappa shape index (κ1) is 18.9. The number of rotatable bonds is 4. The quantitative estimate of drug-likeness (QED) is 0.353. The molecule has 1 aromatic carbocycles. The Morgan fingerprint density at radius 2 is 1.96 bits per heavy atom. The Bertz CT molecular complexity index is 1240. The summed E-state index contributed by atoms with van der Waals surface area (Å²) in [6.07, 6.45) is 0. The van der Waals surface area contributed by atoms with E-state index in [-0.39, 0.29) is 10.8 Å². The molecule has 0 bridgehead atoms. The van der Waals surface area contributed by atoms with Crippen molar-refractivity contribution in [1.82, 2.24) is 19.7 Å². The fourth-order valence-electron chi connectivity index (χ4n) is 2.97. The highest BCUT2D eigenvalue weighted by Crippen LogP contribution is 2.36. The Morgan fingerprint density at radius 3 is 2.64 bits per heavy atom. The maximum Gasteiger partial charge on any atom is 0.263 e. The lowest BCUT2D eigenvalue weighted by atomic mass is 10.0. The number of hydrogen-bond donors (Lipinski definition) is 0. The molecular formula is C20H20N4O2S2. The Labute approximate surface area is 170 Å². The van der Waals surface area contributed by atoms with Gasteiger partial charge in [-0.25, -0.2) is 4.98 Å². The average molecular weight is 413 g/mol. The maximum absolute atomic E-state index is 13.1. The zero-order valence-corrected chi connectivity index (χ0v) is 17.9. The second-order valence-corrected chi connectivity index (χ2v) is 8.99. The predicted octanol–water partition coefficient (Wildman–Crippen LogP) is 4.82. The van der Waals surface area contributed by atoms with Crippen LogP contribution in [0.1, 0.15) is 35.0 Å². The van der Waals surface area contributed by atoms with Gasteiger partial charge < -0.3 is 4.52 Å². The van der Waals surface area contributed by atoms with Crippen LogP contribution in [0.3, 0.4) is 0 Å². The van der Waals surface area contributed by atoms with Crippen LogP contribution in [0, 0.1) is 20.8 Å². The van der Waals surface area contributed by atoms with Gasteiger partial charge >= 0.3 is 0 Å². The van der Waals surface area contributed by atoms with E-state index in [4.69, 9.17) is 9.51 Å². The number of thioether (sulfide) groups is 1. The largest absolute Gasteiger partial charge is 0.338 e. The third kappa shape index (κ3) is 3.27. The first-order chi connectivity index (χ1) is 13.3. The van der Waals surface area contributed by atoms with Crippen LogP contribution in [0.5, 0.6) is 0 Å². The standard InChI is InChI=1S/C20H20N4O2S2/c1-10-6-7-14(8-11(10)2)15-9-27-18-16(15)19(25)24(5)20(22-18)28-12(3)17-21-13(4)23-26-17/h6-9,12H,1-5H3. The number of thiophene rings is 1. The molecule has 4 rings (SSSR count). The fourth-order valence-corrected chi connectivity index (χ4v) is 4.86.